The lowest BCUT2D eigenvalue weighted by Crippen LogP contribution is -2.01. The number of hydrogen-bond acceptors (Lipinski definition) is 1. The second-order valence-corrected chi connectivity index (χ2v) is 5.43. The summed E-state index contributed by atoms with van der Waals surface area (Å²) in [5.41, 5.74) is 3.72. The minimum absolute atomic E-state index is 0.443. The molecular formula is C16H13Cl2N. The maximum Gasteiger partial charge on any atom is 0.0991 e. The van der Waals surface area contributed by atoms with Crippen molar-refractivity contribution >= 4 is 23.2 Å². The third-order valence-corrected chi connectivity index (χ3v) is 3.68. The van der Waals surface area contributed by atoms with E-state index in [2.05, 4.69) is 6.07 Å². The topological polar surface area (TPSA) is 23.8 Å². The van der Waals surface area contributed by atoms with E-state index in [9.17, 15) is 5.26 Å². The van der Waals surface area contributed by atoms with Crippen LogP contribution in [0.25, 0.3) is 0 Å². The van der Waals surface area contributed by atoms with Crippen LogP contribution in [0.3, 0.4) is 0 Å². The molecule has 0 saturated carbocycles. The summed E-state index contributed by atoms with van der Waals surface area (Å²) >= 11 is 12.5. The Morgan fingerprint density at radius 2 is 1.47 bits per heavy atom. The van der Waals surface area contributed by atoms with Gasteiger partial charge in [0.15, 0.2) is 0 Å². The highest BCUT2D eigenvalue weighted by Crippen LogP contribution is 2.36. The van der Waals surface area contributed by atoms with Crippen LogP contribution in [0.1, 0.15) is 28.2 Å². The maximum atomic E-state index is 9.45. The second-order valence-electron chi connectivity index (χ2n) is 4.62. The predicted molar refractivity (Wildman–Crippen MR) is 79.8 cm³/mol. The van der Waals surface area contributed by atoms with Crippen LogP contribution < -0.4 is 0 Å². The van der Waals surface area contributed by atoms with Crippen molar-refractivity contribution in [3.63, 3.8) is 0 Å². The first-order chi connectivity index (χ1) is 9.02. The quantitative estimate of drug-likeness (QED) is 0.739. The molecule has 2 rings (SSSR count). The van der Waals surface area contributed by atoms with E-state index in [1.165, 1.54) is 0 Å². The molecule has 2 aromatic carbocycles. The molecule has 3 heteroatoms. The Hall–Kier alpha value is -1.49. The monoisotopic (exact) mass is 289 g/mol. The molecule has 0 spiro atoms. The summed E-state index contributed by atoms with van der Waals surface area (Å²) in [4.78, 5) is 0. The summed E-state index contributed by atoms with van der Waals surface area (Å²) in [7, 11) is 0. The Morgan fingerprint density at radius 1 is 0.947 bits per heavy atom. The standard InChI is InChI=1S/C16H13Cl2N/c1-10-3-5-12(6-4-10)13(9-19)16-14(17)7-11(2)8-15(16)18/h3-8,13H,1-2H3. The first-order valence-corrected chi connectivity index (χ1v) is 6.70. The van der Waals surface area contributed by atoms with E-state index in [-0.39, 0.29) is 0 Å². The molecule has 96 valence electrons. The number of benzene rings is 2. The molecule has 0 bridgehead atoms. The molecule has 0 aliphatic heterocycles. The lowest BCUT2D eigenvalue weighted by molar-refractivity contribution is 1.03. The van der Waals surface area contributed by atoms with Crippen molar-refractivity contribution in [2.75, 3.05) is 0 Å². The summed E-state index contributed by atoms with van der Waals surface area (Å²) in [6.07, 6.45) is 0. The van der Waals surface area contributed by atoms with Crippen molar-refractivity contribution in [1.29, 1.82) is 5.26 Å². The zero-order valence-electron chi connectivity index (χ0n) is 10.7. The number of hydrogen-bond donors (Lipinski definition) is 0. The van der Waals surface area contributed by atoms with Crippen molar-refractivity contribution in [2.24, 2.45) is 0 Å². The fourth-order valence-corrected chi connectivity index (χ4v) is 2.87. The molecule has 1 nitrogen and oxygen atoms in total. The maximum absolute atomic E-state index is 9.45. The minimum Gasteiger partial charge on any atom is -0.197 e. The van der Waals surface area contributed by atoms with E-state index in [1.54, 1.807) is 0 Å². The smallest absolute Gasteiger partial charge is 0.0991 e. The lowest BCUT2D eigenvalue weighted by atomic mass is 9.91. The number of rotatable bonds is 2. The van der Waals surface area contributed by atoms with Crippen LogP contribution in [0.2, 0.25) is 10.0 Å². The normalized spacial score (nSPS) is 11.9. The molecule has 19 heavy (non-hydrogen) atoms. The highest BCUT2D eigenvalue weighted by atomic mass is 35.5. The van der Waals surface area contributed by atoms with E-state index >= 15 is 0 Å². The van der Waals surface area contributed by atoms with Gasteiger partial charge >= 0.3 is 0 Å². The number of halogens is 2. The Labute approximate surface area is 123 Å². The van der Waals surface area contributed by atoms with Crippen LogP contribution >= 0.6 is 23.2 Å². The van der Waals surface area contributed by atoms with Gasteiger partial charge in [0.1, 0.15) is 0 Å². The first-order valence-electron chi connectivity index (χ1n) is 5.94. The molecular weight excluding hydrogens is 277 g/mol. The van der Waals surface area contributed by atoms with Gasteiger partial charge in [0.2, 0.25) is 0 Å². The van der Waals surface area contributed by atoms with Gasteiger partial charge in [0.05, 0.1) is 12.0 Å². The summed E-state index contributed by atoms with van der Waals surface area (Å²) < 4.78 is 0. The molecule has 0 amide bonds. The van der Waals surface area contributed by atoms with Gasteiger partial charge in [-0.3, -0.25) is 0 Å². The molecule has 0 saturated heterocycles. The molecule has 0 aliphatic carbocycles. The van der Waals surface area contributed by atoms with Crippen molar-refractivity contribution in [2.45, 2.75) is 19.8 Å². The lowest BCUT2D eigenvalue weighted by Gasteiger charge is -2.14. The molecule has 0 aromatic heterocycles. The van der Waals surface area contributed by atoms with Gasteiger partial charge in [-0.2, -0.15) is 5.26 Å². The fourth-order valence-electron chi connectivity index (χ4n) is 2.05. The average molecular weight is 290 g/mol. The first kappa shape index (κ1) is 13.9. The fraction of sp³-hybridized carbons (Fsp3) is 0.188. The largest absolute Gasteiger partial charge is 0.197 e. The van der Waals surface area contributed by atoms with Gasteiger partial charge in [-0.15, -0.1) is 0 Å². The zero-order chi connectivity index (χ0) is 14.0. The molecule has 0 heterocycles. The Kier molecular flexibility index (Phi) is 4.14. The number of nitriles is 1. The van der Waals surface area contributed by atoms with Crippen molar-refractivity contribution in [1.82, 2.24) is 0 Å². The Balaban J connectivity index is 2.55. The van der Waals surface area contributed by atoms with Gasteiger partial charge in [0.25, 0.3) is 0 Å². The summed E-state index contributed by atoms with van der Waals surface area (Å²) in [5.74, 6) is -0.443. The molecule has 1 unspecified atom stereocenters. The van der Waals surface area contributed by atoms with Gasteiger partial charge in [-0.1, -0.05) is 53.0 Å². The third-order valence-electron chi connectivity index (χ3n) is 3.05. The number of nitrogens with zero attached hydrogens (tertiary/aromatic N) is 1. The SMILES string of the molecule is Cc1ccc(C(C#N)c2c(Cl)cc(C)cc2Cl)cc1. The van der Waals surface area contributed by atoms with Crippen LogP contribution in [-0.4, -0.2) is 0 Å². The Bertz CT molecular complexity index is 616. The summed E-state index contributed by atoms with van der Waals surface area (Å²) in [5, 5.41) is 10.5. The van der Waals surface area contributed by atoms with Gasteiger partial charge in [0, 0.05) is 15.6 Å². The van der Waals surface area contributed by atoms with Gasteiger partial charge in [-0.25, -0.2) is 0 Å². The van der Waals surface area contributed by atoms with Crippen LogP contribution in [0.4, 0.5) is 0 Å². The molecule has 0 radical (unpaired) electrons. The van der Waals surface area contributed by atoms with Crippen LogP contribution in [0, 0.1) is 25.2 Å². The van der Waals surface area contributed by atoms with Crippen molar-refractivity contribution in [3.8, 4) is 6.07 Å². The van der Waals surface area contributed by atoms with E-state index in [0.29, 0.717) is 15.6 Å². The highest BCUT2D eigenvalue weighted by molar-refractivity contribution is 6.36. The van der Waals surface area contributed by atoms with Crippen molar-refractivity contribution < 1.29 is 0 Å². The van der Waals surface area contributed by atoms with E-state index in [0.717, 1.165) is 16.7 Å². The van der Waals surface area contributed by atoms with Crippen LogP contribution in [0.5, 0.6) is 0 Å². The van der Waals surface area contributed by atoms with Gasteiger partial charge in [-0.05, 0) is 37.1 Å². The minimum atomic E-state index is -0.443. The van der Waals surface area contributed by atoms with Crippen molar-refractivity contribution in [3.05, 3.63) is 68.7 Å². The second kappa shape index (κ2) is 5.65. The molecule has 2 aromatic rings. The molecule has 0 fully saturated rings. The van der Waals surface area contributed by atoms with E-state index in [1.807, 2.05) is 50.2 Å². The zero-order valence-corrected chi connectivity index (χ0v) is 12.3. The van der Waals surface area contributed by atoms with E-state index in [4.69, 9.17) is 23.2 Å². The Morgan fingerprint density at radius 3 is 1.95 bits per heavy atom. The predicted octanol–water partition coefficient (Wildman–Crippen LogP) is 5.27. The number of aryl methyl sites for hydroxylation is 2. The molecule has 0 N–H and O–H groups in total. The highest BCUT2D eigenvalue weighted by Gasteiger charge is 2.20. The van der Waals surface area contributed by atoms with Crippen LogP contribution in [0.15, 0.2) is 36.4 Å². The summed E-state index contributed by atoms with van der Waals surface area (Å²) in [6, 6.07) is 13.8. The van der Waals surface area contributed by atoms with E-state index < -0.39 is 5.92 Å². The third kappa shape index (κ3) is 2.92. The molecule has 1 atom stereocenters. The molecule has 0 aliphatic rings. The average Bonchev–Trinajstić information content (AvgIpc) is 2.35. The van der Waals surface area contributed by atoms with Gasteiger partial charge < -0.3 is 0 Å². The van der Waals surface area contributed by atoms with Crippen LogP contribution in [-0.2, 0) is 0 Å². The summed E-state index contributed by atoms with van der Waals surface area (Å²) in [6.45, 7) is 3.94.